The van der Waals surface area contributed by atoms with Crippen LogP contribution in [0.1, 0.15) is 45.0 Å². The summed E-state index contributed by atoms with van der Waals surface area (Å²) in [5, 5.41) is 12.2. The van der Waals surface area contributed by atoms with Crippen molar-refractivity contribution >= 4 is 12.0 Å². The largest absolute Gasteiger partial charge is 0.480 e. The number of aliphatic carboxylic acids is 1. The molecule has 3 N–H and O–H groups in total. The minimum absolute atomic E-state index is 0.235. The number of carboxylic acids is 1. The number of hydrogen-bond acceptors (Lipinski definition) is 3. The summed E-state index contributed by atoms with van der Waals surface area (Å²) in [7, 11) is 0. The number of urea groups is 1. The van der Waals surface area contributed by atoms with Gasteiger partial charge >= 0.3 is 12.0 Å². The average molecular weight is 294 g/mol. The number of piperidine rings is 1. The predicted molar refractivity (Wildman–Crippen MR) is 76.7 cm³/mol. The third-order valence-corrected chi connectivity index (χ3v) is 3.97. The van der Waals surface area contributed by atoms with Gasteiger partial charge in [-0.3, -0.25) is 0 Å². The van der Waals surface area contributed by atoms with Crippen LogP contribution in [0.4, 0.5) is 4.79 Å². The zero-order chi connectivity index (χ0) is 15.4. The van der Waals surface area contributed by atoms with E-state index < -0.39 is 12.0 Å². The number of carbonyl (C=O) groups excluding carboxylic acids is 1. The second kappa shape index (κ2) is 6.60. The molecule has 116 valence electrons. The van der Waals surface area contributed by atoms with E-state index in [9.17, 15) is 14.7 Å². The first kappa shape index (κ1) is 15.3. The smallest absolute Gasteiger partial charge is 0.326 e. The van der Waals surface area contributed by atoms with Crippen LogP contribution in [0.25, 0.3) is 0 Å². The lowest BCUT2D eigenvalue weighted by Crippen LogP contribution is -2.53. The van der Waals surface area contributed by atoms with Crippen LogP contribution in [0.15, 0.2) is 12.4 Å². The van der Waals surface area contributed by atoms with E-state index in [0.29, 0.717) is 31.1 Å². The van der Waals surface area contributed by atoms with Crippen LogP contribution in [-0.4, -0.2) is 44.6 Å². The molecule has 0 bridgehead atoms. The quantitative estimate of drug-likeness (QED) is 0.788. The zero-order valence-electron chi connectivity index (χ0n) is 12.4. The fraction of sp³-hybridized carbons (Fsp3) is 0.643. The summed E-state index contributed by atoms with van der Waals surface area (Å²) in [5.41, 5.74) is 0. The van der Waals surface area contributed by atoms with Crippen molar-refractivity contribution in [1.29, 1.82) is 0 Å². The topological polar surface area (TPSA) is 98.3 Å². The van der Waals surface area contributed by atoms with E-state index in [-0.39, 0.29) is 12.1 Å². The molecule has 21 heavy (non-hydrogen) atoms. The maximum atomic E-state index is 12.4. The molecule has 0 aliphatic carbocycles. The number of H-pyrrole nitrogens is 1. The summed E-state index contributed by atoms with van der Waals surface area (Å²) in [6, 6.07) is -1.32. The third kappa shape index (κ3) is 3.53. The zero-order valence-corrected chi connectivity index (χ0v) is 12.4. The van der Waals surface area contributed by atoms with Gasteiger partial charge in [-0.25, -0.2) is 14.6 Å². The number of nitrogens with zero attached hydrogens (tertiary/aromatic N) is 2. The van der Waals surface area contributed by atoms with Gasteiger partial charge in [0.1, 0.15) is 11.9 Å². The Labute approximate surface area is 123 Å². The SMILES string of the molecule is CCC(NC(=O)N1CCC(C)CC1C(=O)O)c1ncc[nH]1. The molecule has 2 rings (SSSR count). The van der Waals surface area contributed by atoms with Crippen molar-refractivity contribution in [2.75, 3.05) is 6.54 Å². The highest BCUT2D eigenvalue weighted by Crippen LogP contribution is 2.23. The Morgan fingerprint density at radius 2 is 2.38 bits per heavy atom. The summed E-state index contributed by atoms with van der Waals surface area (Å²) in [6.07, 6.45) is 5.34. The Morgan fingerprint density at radius 1 is 1.62 bits per heavy atom. The van der Waals surface area contributed by atoms with E-state index in [1.54, 1.807) is 12.4 Å². The molecule has 0 saturated carbocycles. The van der Waals surface area contributed by atoms with Crippen LogP contribution < -0.4 is 5.32 Å². The molecule has 2 heterocycles. The highest BCUT2D eigenvalue weighted by atomic mass is 16.4. The highest BCUT2D eigenvalue weighted by Gasteiger charge is 2.35. The minimum Gasteiger partial charge on any atom is -0.480 e. The number of hydrogen-bond donors (Lipinski definition) is 3. The number of carbonyl (C=O) groups is 2. The van der Waals surface area contributed by atoms with Gasteiger partial charge in [0, 0.05) is 18.9 Å². The lowest BCUT2D eigenvalue weighted by molar-refractivity contribution is -0.143. The van der Waals surface area contributed by atoms with Crippen molar-refractivity contribution in [1.82, 2.24) is 20.2 Å². The lowest BCUT2D eigenvalue weighted by atomic mass is 9.93. The molecule has 0 spiro atoms. The number of imidazole rings is 1. The van der Waals surface area contributed by atoms with E-state index in [0.717, 1.165) is 6.42 Å². The van der Waals surface area contributed by atoms with Crippen LogP contribution in [0.2, 0.25) is 0 Å². The summed E-state index contributed by atoms with van der Waals surface area (Å²) in [4.78, 5) is 32.3. The first-order valence-electron chi connectivity index (χ1n) is 7.32. The third-order valence-electron chi connectivity index (χ3n) is 3.97. The first-order valence-corrected chi connectivity index (χ1v) is 7.32. The number of likely N-dealkylation sites (tertiary alicyclic amines) is 1. The van der Waals surface area contributed by atoms with Crippen molar-refractivity contribution in [2.24, 2.45) is 5.92 Å². The molecule has 3 unspecified atom stereocenters. The van der Waals surface area contributed by atoms with Crippen molar-refractivity contribution in [2.45, 2.75) is 45.2 Å². The molecule has 3 atom stereocenters. The standard InChI is InChI=1S/C14H22N4O3/c1-3-10(12-15-5-6-16-12)17-14(21)18-7-4-9(2)8-11(18)13(19)20/h5-6,9-11H,3-4,7-8H2,1-2H3,(H,15,16)(H,17,21)(H,19,20). The van der Waals surface area contributed by atoms with Gasteiger partial charge in [-0.15, -0.1) is 0 Å². The lowest BCUT2D eigenvalue weighted by Gasteiger charge is -2.36. The van der Waals surface area contributed by atoms with Gasteiger partial charge in [0.2, 0.25) is 0 Å². The normalized spacial score (nSPS) is 23.6. The minimum atomic E-state index is -0.942. The Balaban J connectivity index is 2.05. The highest BCUT2D eigenvalue weighted by molar-refractivity contribution is 5.83. The molecule has 7 heteroatoms. The molecule has 1 saturated heterocycles. The second-order valence-electron chi connectivity index (χ2n) is 5.56. The summed E-state index contributed by atoms with van der Waals surface area (Å²) >= 11 is 0. The van der Waals surface area contributed by atoms with Gasteiger partial charge in [-0.1, -0.05) is 13.8 Å². The van der Waals surface area contributed by atoms with Crippen LogP contribution in [0, 0.1) is 5.92 Å². The van der Waals surface area contributed by atoms with Gasteiger partial charge < -0.3 is 20.3 Å². The fourth-order valence-corrected chi connectivity index (χ4v) is 2.68. The van der Waals surface area contributed by atoms with Gasteiger partial charge in [0.15, 0.2) is 0 Å². The molecule has 1 aromatic heterocycles. The van der Waals surface area contributed by atoms with Crippen LogP contribution in [-0.2, 0) is 4.79 Å². The molecule has 1 fully saturated rings. The Kier molecular flexibility index (Phi) is 4.82. The molecule has 1 aliphatic heterocycles. The number of nitrogens with one attached hydrogen (secondary N) is 2. The number of rotatable bonds is 4. The summed E-state index contributed by atoms with van der Waals surface area (Å²) in [5.74, 6) is 0.0630. The predicted octanol–water partition coefficient (Wildman–Crippen LogP) is 1.76. The fourth-order valence-electron chi connectivity index (χ4n) is 2.68. The van der Waals surface area contributed by atoms with Crippen molar-refractivity contribution < 1.29 is 14.7 Å². The average Bonchev–Trinajstić information content (AvgIpc) is 2.98. The number of aromatic nitrogens is 2. The van der Waals surface area contributed by atoms with Gasteiger partial charge in [0.25, 0.3) is 0 Å². The van der Waals surface area contributed by atoms with E-state index in [2.05, 4.69) is 15.3 Å². The molecule has 1 aromatic rings. The molecule has 1 aliphatic rings. The van der Waals surface area contributed by atoms with Gasteiger partial charge in [-0.2, -0.15) is 0 Å². The summed E-state index contributed by atoms with van der Waals surface area (Å²) in [6.45, 7) is 4.43. The summed E-state index contributed by atoms with van der Waals surface area (Å²) < 4.78 is 0. The first-order chi connectivity index (χ1) is 10.0. The Bertz CT molecular complexity index is 488. The van der Waals surface area contributed by atoms with E-state index in [1.165, 1.54) is 4.90 Å². The number of amides is 2. The second-order valence-corrected chi connectivity index (χ2v) is 5.56. The molecular weight excluding hydrogens is 272 g/mol. The van der Waals surface area contributed by atoms with Crippen molar-refractivity contribution in [3.05, 3.63) is 18.2 Å². The van der Waals surface area contributed by atoms with Gasteiger partial charge in [-0.05, 0) is 25.2 Å². The van der Waals surface area contributed by atoms with E-state index >= 15 is 0 Å². The van der Waals surface area contributed by atoms with E-state index in [1.807, 2.05) is 13.8 Å². The van der Waals surface area contributed by atoms with Crippen molar-refractivity contribution in [3.63, 3.8) is 0 Å². The number of carboxylic acid groups (broad SMARTS) is 1. The van der Waals surface area contributed by atoms with Gasteiger partial charge in [0.05, 0.1) is 6.04 Å². The Hall–Kier alpha value is -2.05. The van der Waals surface area contributed by atoms with Crippen molar-refractivity contribution in [3.8, 4) is 0 Å². The molecule has 2 amide bonds. The number of aromatic amines is 1. The maximum absolute atomic E-state index is 12.4. The Morgan fingerprint density at radius 3 is 2.95 bits per heavy atom. The molecule has 7 nitrogen and oxygen atoms in total. The maximum Gasteiger partial charge on any atom is 0.326 e. The monoisotopic (exact) mass is 294 g/mol. The van der Waals surface area contributed by atoms with Crippen LogP contribution in [0.5, 0.6) is 0 Å². The molecule has 0 aromatic carbocycles. The van der Waals surface area contributed by atoms with Crippen LogP contribution >= 0.6 is 0 Å². The van der Waals surface area contributed by atoms with Crippen LogP contribution in [0.3, 0.4) is 0 Å². The molecular formula is C14H22N4O3. The van der Waals surface area contributed by atoms with E-state index in [4.69, 9.17) is 0 Å². The molecule has 0 radical (unpaired) electrons.